The normalized spacial score (nSPS) is 11.8. The van der Waals surface area contributed by atoms with Crippen LogP contribution in [-0.4, -0.2) is 6.03 Å². The van der Waals surface area contributed by atoms with Gasteiger partial charge in [0, 0.05) is 22.7 Å². The van der Waals surface area contributed by atoms with E-state index in [-0.39, 0.29) is 12.1 Å². The zero-order chi connectivity index (χ0) is 15.2. The number of urea groups is 1. The Kier molecular flexibility index (Phi) is 5.36. The molecule has 4 nitrogen and oxygen atoms in total. The van der Waals surface area contributed by atoms with E-state index in [9.17, 15) is 4.79 Å². The van der Waals surface area contributed by atoms with E-state index >= 15 is 0 Å². The molecule has 0 aliphatic carbocycles. The van der Waals surface area contributed by atoms with Crippen molar-refractivity contribution in [2.75, 3.05) is 5.32 Å². The number of amides is 2. The molecule has 2 rings (SSSR count). The molecule has 0 heterocycles. The molecule has 4 N–H and O–H groups in total. The van der Waals surface area contributed by atoms with Crippen LogP contribution in [0.2, 0.25) is 0 Å². The van der Waals surface area contributed by atoms with E-state index in [1.807, 2.05) is 55.5 Å². The molecule has 0 saturated carbocycles. The molecule has 2 aromatic carbocycles. The minimum Gasteiger partial charge on any atom is -0.334 e. The number of rotatable bonds is 4. The fourth-order valence-electron chi connectivity index (χ4n) is 1.86. The summed E-state index contributed by atoms with van der Waals surface area (Å²) in [7, 11) is 0. The quantitative estimate of drug-likeness (QED) is 0.787. The minimum absolute atomic E-state index is 0.0108. The molecular weight excluding hydrogens is 330 g/mol. The third kappa shape index (κ3) is 4.58. The number of anilines is 1. The first-order chi connectivity index (χ1) is 10.1. The van der Waals surface area contributed by atoms with E-state index < -0.39 is 0 Å². The van der Waals surface area contributed by atoms with Gasteiger partial charge in [-0.05, 0) is 36.2 Å². The first-order valence-electron chi connectivity index (χ1n) is 6.70. The second-order valence-corrected chi connectivity index (χ2v) is 5.66. The van der Waals surface area contributed by atoms with E-state index in [0.29, 0.717) is 6.54 Å². The maximum Gasteiger partial charge on any atom is 0.319 e. The van der Waals surface area contributed by atoms with Crippen LogP contribution in [0.1, 0.15) is 24.1 Å². The third-order valence-electron chi connectivity index (χ3n) is 3.09. The summed E-state index contributed by atoms with van der Waals surface area (Å²) in [5, 5.41) is 5.61. The van der Waals surface area contributed by atoms with Gasteiger partial charge in [0.05, 0.1) is 0 Å². The van der Waals surface area contributed by atoms with Gasteiger partial charge in [-0.2, -0.15) is 0 Å². The Labute approximate surface area is 132 Å². The van der Waals surface area contributed by atoms with E-state index in [0.717, 1.165) is 21.3 Å². The topological polar surface area (TPSA) is 67.1 Å². The van der Waals surface area contributed by atoms with Gasteiger partial charge in [-0.25, -0.2) is 4.79 Å². The van der Waals surface area contributed by atoms with Crippen molar-refractivity contribution in [3.8, 4) is 0 Å². The van der Waals surface area contributed by atoms with E-state index in [2.05, 4.69) is 26.6 Å². The molecule has 110 valence electrons. The van der Waals surface area contributed by atoms with Crippen LogP contribution in [0.4, 0.5) is 10.5 Å². The lowest BCUT2D eigenvalue weighted by Gasteiger charge is -2.10. The number of nitrogens with one attached hydrogen (secondary N) is 2. The molecule has 0 aliphatic rings. The number of halogens is 1. The highest BCUT2D eigenvalue weighted by Gasteiger charge is 2.04. The highest BCUT2D eigenvalue weighted by molar-refractivity contribution is 9.10. The Bertz CT molecular complexity index is 611. The van der Waals surface area contributed by atoms with Crippen molar-refractivity contribution in [3.63, 3.8) is 0 Å². The number of benzene rings is 2. The summed E-state index contributed by atoms with van der Waals surface area (Å²) in [6, 6.07) is 15.0. The fraction of sp³-hybridized carbons (Fsp3) is 0.188. The van der Waals surface area contributed by atoms with Crippen LogP contribution in [-0.2, 0) is 6.54 Å². The van der Waals surface area contributed by atoms with Crippen LogP contribution in [0.5, 0.6) is 0 Å². The molecule has 2 amide bonds. The molecule has 1 unspecified atom stereocenters. The Morgan fingerprint density at radius 1 is 1.19 bits per heavy atom. The minimum atomic E-state index is -0.237. The summed E-state index contributed by atoms with van der Waals surface area (Å²) < 4.78 is 0.978. The van der Waals surface area contributed by atoms with Gasteiger partial charge in [0.1, 0.15) is 0 Å². The van der Waals surface area contributed by atoms with Crippen molar-refractivity contribution < 1.29 is 4.79 Å². The van der Waals surface area contributed by atoms with Crippen LogP contribution < -0.4 is 16.4 Å². The van der Waals surface area contributed by atoms with Crippen molar-refractivity contribution in [2.24, 2.45) is 5.73 Å². The van der Waals surface area contributed by atoms with Crippen molar-refractivity contribution >= 4 is 27.6 Å². The second kappa shape index (κ2) is 7.24. The van der Waals surface area contributed by atoms with Crippen molar-refractivity contribution in [1.29, 1.82) is 0 Å². The van der Waals surface area contributed by atoms with Gasteiger partial charge in [0.25, 0.3) is 0 Å². The highest BCUT2D eigenvalue weighted by atomic mass is 79.9. The number of carbonyl (C=O) groups excluding carboxylic acids is 1. The van der Waals surface area contributed by atoms with Gasteiger partial charge >= 0.3 is 6.03 Å². The SMILES string of the molecule is CC(N)c1ccc(NC(=O)NCc2ccccc2Br)cc1. The number of nitrogens with two attached hydrogens (primary N) is 1. The first-order valence-corrected chi connectivity index (χ1v) is 7.49. The van der Waals surface area contributed by atoms with Gasteiger partial charge in [-0.15, -0.1) is 0 Å². The number of carbonyl (C=O) groups is 1. The van der Waals surface area contributed by atoms with Crippen LogP contribution in [0.25, 0.3) is 0 Å². The summed E-state index contributed by atoms with van der Waals surface area (Å²) in [5.74, 6) is 0. The lowest BCUT2D eigenvalue weighted by molar-refractivity contribution is 0.251. The summed E-state index contributed by atoms with van der Waals surface area (Å²) in [5.41, 5.74) is 8.59. The molecule has 0 aliphatic heterocycles. The monoisotopic (exact) mass is 347 g/mol. The van der Waals surface area contributed by atoms with Gasteiger partial charge in [0.15, 0.2) is 0 Å². The average Bonchev–Trinajstić information content (AvgIpc) is 2.47. The predicted octanol–water partition coefficient (Wildman–Crippen LogP) is 3.79. The molecule has 0 radical (unpaired) electrons. The van der Waals surface area contributed by atoms with E-state index in [1.54, 1.807) is 0 Å². The zero-order valence-electron chi connectivity index (χ0n) is 11.8. The van der Waals surface area contributed by atoms with Crippen LogP contribution in [0, 0.1) is 0 Å². The van der Waals surface area contributed by atoms with E-state index in [1.165, 1.54) is 0 Å². The fourth-order valence-corrected chi connectivity index (χ4v) is 2.29. The molecule has 0 spiro atoms. The maximum atomic E-state index is 11.9. The Morgan fingerprint density at radius 3 is 2.48 bits per heavy atom. The summed E-state index contributed by atoms with van der Waals surface area (Å²) in [4.78, 5) is 11.9. The first kappa shape index (κ1) is 15.5. The molecular formula is C16H18BrN3O. The average molecular weight is 348 g/mol. The van der Waals surface area contributed by atoms with E-state index in [4.69, 9.17) is 5.73 Å². The molecule has 21 heavy (non-hydrogen) atoms. The van der Waals surface area contributed by atoms with Gasteiger partial charge in [0.2, 0.25) is 0 Å². The molecule has 0 fully saturated rings. The zero-order valence-corrected chi connectivity index (χ0v) is 13.4. The predicted molar refractivity (Wildman–Crippen MR) is 89.0 cm³/mol. The molecule has 0 aromatic heterocycles. The van der Waals surface area contributed by atoms with Gasteiger partial charge in [-0.1, -0.05) is 46.3 Å². The molecule has 5 heteroatoms. The molecule has 2 aromatic rings. The third-order valence-corrected chi connectivity index (χ3v) is 3.87. The largest absolute Gasteiger partial charge is 0.334 e. The summed E-state index contributed by atoms with van der Waals surface area (Å²) in [6.07, 6.45) is 0. The second-order valence-electron chi connectivity index (χ2n) is 4.81. The van der Waals surface area contributed by atoms with Gasteiger partial charge in [-0.3, -0.25) is 0 Å². The Hall–Kier alpha value is -1.85. The Morgan fingerprint density at radius 2 is 1.86 bits per heavy atom. The maximum absolute atomic E-state index is 11.9. The highest BCUT2D eigenvalue weighted by Crippen LogP contribution is 2.16. The number of hydrogen-bond donors (Lipinski definition) is 3. The molecule has 1 atom stereocenters. The van der Waals surface area contributed by atoms with Crippen molar-refractivity contribution in [2.45, 2.75) is 19.5 Å². The number of hydrogen-bond acceptors (Lipinski definition) is 2. The van der Waals surface area contributed by atoms with Crippen molar-refractivity contribution in [3.05, 3.63) is 64.1 Å². The smallest absolute Gasteiger partial charge is 0.319 e. The van der Waals surface area contributed by atoms with Crippen LogP contribution in [0.3, 0.4) is 0 Å². The lowest BCUT2D eigenvalue weighted by atomic mass is 10.1. The molecule has 0 bridgehead atoms. The van der Waals surface area contributed by atoms with Crippen molar-refractivity contribution in [1.82, 2.24) is 5.32 Å². The summed E-state index contributed by atoms with van der Waals surface area (Å²) in [6.45, 7) is 2.39. The molecule has 0 saturated heterocycles. The standard InChI is InChI=1S/C16H18BrN3O/c1-11(18)12-6-8-14(9-7-12)20-16(21)19-10-13-4-2-3-5-15(13)17/h2-9,11H,10,18H2,1H3,(H2,19,20,21). The van der Waals surface area contributed by atoms with Gasteiger partial charge < -0.3 is 16.4 Å². The lowest BCUT2D eigenvalue weighted by Crippen LogP contribution is -2.28. The van der Waals surface area contributed by atoms with Crippen LogP contribution >= 0.6 is 15.9 Å². The van der Waals surface area contributed by atoms with Crippen LogP contribution in [0.15, 0.2) is 53.0 Å². The summed E-state index contributed by atoms with van der Waals surface area (Å²) >= 11 is 3.45. The Balaban J connectivity index is 1.88.